The van der Waals surface area contributed by atoms with Gasteiger partial charge < -0.3 is 15.1 Å². The van der Waals surface area contributed by atoms with E-state index in [9.17, 15) is 14.4 Å². The molecule has 3 amide bonds. The second-order valence-corrected chi connectivity index (χ2v) is 8.79. The fraction of sp³-hybridized carbons (Fsp3) is 0.348. The van der Waals surface area contributed by atoms with Gasteiger partial charge in [0.1, 0.15) is 6.04 Å². The molecule has 2 heterocycles. The molecule has 1 fully saturated rings. The quantitative estimate of drug-likeness (QED) is 0.732. The Morgan fingerprint density at radius 3 is 2.45 bits per heavy atom. The van der Waals surface area contributed by atoms with Gasteiger partial charge in [0.25, 0.3) is 5.91 Å². The standard InChI is InChI=1S/C23H23Cl2N3O3/c1-14(29)27-8-2-4-15-12-19(6-7-20(15)27)26-22(30)21-5-3-9-28(21)23(31)16-10-17(24)13-18(25)11-16/h6-7,10-13,21H,2-5,8-9H2,1H3,(H,26,30)/t21-/m0/s1. The Morgan fingerprint density at radius 1 is 1.00 bits per heavy atom. The fourth-order valence-corrected chi connectivity index (χ4v) is 4.88. The topological polar surface area (TPSA) is 69.7 Å². The molecule has 2 aliphatic rings. The van der Waals surface area contributed by atoms with Crippen LogP contribution in [-0.4, -0.2) is 41.8 Å². The number of benzene rings is 2. The number of hydrogen-bond acceptors (Lipinski definition) is 3. The second-order valence-electron chi connectivity index (χ2n) is 7.92. The van der Waals surface area contributed by atoms with E-state index >= 15 is 0 Å². The summed E-state index contributed by atoms with van der Waals surface area (Å²) in [6, 6.07) is 9.72. The van der Waals surface area contributed by atoms with Crippen molar-refractivity contribution in [2.75, 3.05) is 23.3 Å². The van der Waals surface area contributed by atoms with Crippen LogP contribution in [0.4, 0.5) is 11.4 Å². The van der Waals surface area contributed by atoms with E-state index in [-0.39, 0.29) is 17.7 Å². The lowest BCUT2D eigenvalue weighted by atomic mass is 10.0. The van der Waals surface area contributed by atoms with Crippen molar-refractivity contribution < 1.29 is 14.4 Å². The molecule has 0 aliphatic carbocycles. The molecule has 6 nitrogen and oxygen atoms in total. The summed E-state index contributed by atoms with van der Waals surface area (Å²) in [5, 5.41) is 3.71. The number of nitrogens with one attached hydrogen (secondary N) is 1. The van der Waals surface area contributed by atoms with Crippen LogP contribution in [0.25, 0.3) is 0 Å². The van der Waals surface area contributed by atoms with E-state index in [1.807, 2.05) is 12.1 Å². The molecule has 0 spiro atoms. The summed E-state index contributed by atoms with van der Waals surface area (Å²) >= 11 is 12.1. The molecule has 31 heavy (non-hydrogen) atoms. The molecular weight excluding hydrogens is 437 g/mol. The zero-order chi connectivity index (χ0) is 22.1. The van der Waals surface area contributed by atoms with Gasteiger partial charge in [-0.05, 0) is 67.6 Å². The van der Waals surface area contributed by atoms with Gasteiger partial charge in [-0.3, -0.25) is 14.4 Å². The van der Waals surface area contributed by atoms with E-state index in [0.717, 1.165) is 30.5 Å². The average molecular weight is 460 g/mol. The first-order valence-electron chi connectivity index (χ1n) is 10.3. The minimum atomic E-state index is -0.560. The Morgan fingerprint density at radius 2 is 1.74 bits per heavy atom. The maximum Gasteiger partial charge on any atom is 0.254 e. The average Bonchev–Trinajstić information content (AvgIpc) is 3.21. The Kier molecular flexibility index (Phi) is 6.21. The third kappa shape index (κ3) is 4.55. The molecule has 2 aromatic carbocycles. The van der Waals surface area contributed by atoms with Gasteiger partial charge in [-0.1, -0.05) is 23.2 Å². The minimum Gasteiger partial charge on any atom is -0.327 e. The van der Waals surface area contributed by atoms with Gasteiger partial charge in [-0.25, -0.2) is 0 Å². The maximum absolute atomic E-state index is 13.0. The van der Waals surface area contributed by atoms with Crippen molar-refractivity contribution in [3.8, 4) is 0 Å². The summed E-state index contributed by atoms with van der Waals surface area (Å²) < 4.78 is 0. The van der Waals surface area contributed by atoms with Gasteiger partial charge in [0.05, 0.1) is 0 Å². The van der Waals surface area contributed by atoms with Crippen molar-refractivity contribution >= 4 is 52.3 Å². The molecule has 1 N–H and O–H groups in total. The molecule has 0 saturated carbocycles. The molecule has 0 unspecified atom stereocenters. The predicted molar refractivity (Wildman–Crippen MR) is 122 cm³/mol. The lowest BCUT2D eigenvalue weighted by Gasteiger charge is -2.29. The fourth-order valence-electron chi connectivity index (χ4n) is 4.35. The number of amides is 3. The van der Waals surface area contributed by atoms with Crippen LogP contribution in [-0.2, 0) is 16.0 Å². The number of fused-ring (bicyclic) bond motifs is 1. The molecule has 0 aromatic heterocycles. The summed E-state index contributed by atoms with van der Waals surface area (Å²) in [5.74, 6) is -0.471. The van der Waals surface area contributed by atoms with E-state index < -0.39 is 6.04 Å². The van der Waals surface area contributed by atoms with Gasteiger partial charge in [0.15, 0.2) is 0 Å². The highest BCUT2D eigenvalue weighted by Gasteiger charge is 2.35. The smallest absolute Gasteiger partial charge is 0.254 e. The highest BCUT2D eigenvalue weighted by Crippen LogP contribution is 2.30. The number of anilines is 2. The van der Waals surface area contributed by atoms with Crippen molar-refractivity contribution in [3.63, 3.8) is 0 Å². The van der Waals surface area contributed by atoms with Crippen LogP contribution in [0.2, 0.25) is 10.0 Å². The van der Waals surface area contributed by atoms with Crippen molar-refractivity contribution in [1.82, 2.24) is 4.90 Å². The summed E-state index contributed by atoms with van der Waals surface area (Å²) in [4.78, 5) is 41.2. The van der Waals surface area contributed by atoms with E-state index in [2.05, 4.69) is 5.32 Å². The number of rotatable bonds is 3. The molecule has 4 rings (SSSR count). The van der Waals surface area contributed by atoms with Crippen molar-refractivity contribution in [2.24, 2.45) is 0 Å². The Balaban J connectivity index is 1.50. The Hall–Kier alpha value is -2.57. The van der Waals surface area contributed by atoms with Crippen LogP contribution < -0.4 is 10.2 Å². The molecular formula is C23H23Cl2N3O3. The first-order chi connectivity index (χ1) is 14.8. The third-order valence-corrected chi connectivity index (χ3v) is 6.21. The highest BCUT2D eigenvalue weighted by atomic mass is 35.5. The summed E-state index contributed by atoms with van der Waals surface area (Å²) in [6.07, 6.45) is 3.08. The molecule has 0 bridgehead atoms. The van der Waals surface area contributed by atoms with Crippen LogP contribution in [0.15, 0.2) is 36.4 Å². The molecule has 162 valence electrons. The Bertz CT molecular complexity index is 1040. The van der Waals surface area contributed by atoms with Gasteiger partial charge in [-0.15, -0.1) is 0 Å². The zero-order valence-electron chi connectivity index (χ0n) is 17.2. The van der Waals surface area contributed by atoms with Gasteiger partial charge >= 0.3 is 0 Å². The molecule has 1 saturated heterocycles. The SMILES string of the molecule is CC(=O)N1CCCc2cc(NC(=O)[C@@H]3CCCN3C(=O)c3cc(Cl)cc(Cl)c3)ccc21. The first kappa shape index (κ1) is 21.7. The number of hydrogen-bond donors (Lipinski definition) is 1. The first-order valence-corrected chi connectivity index (χ1v) is 11.1. The number of aryl methyl sites for hydroxylation is 1. The van der Waals surface area contributed by atoms with Crippen LogP contribution in [0.5, 0.6) is 0 Å². The molecule has 8 heteroatoms. The second kappa shape index (κ2) is 8.89. The summed E-state index contributed by atoms with van der Waals surface area (Å²) in [6.45, 7) is 2.77. The normalized spacial score (nSPS) is 18.0. The zero-order valence-corrected chi connectivity index (χ0v) is 18.7. The molecule has 2 aromatic rings. The van der Waals surface area contributed by atoms with Gasteiger partial charge in [-0.2, -0.15) is 0 Å². The van der Waals surface area contributed by atoms with E-state index in [0.29, 0.717) is 40.8 Å². The number of likely N-dealkylation sites (tertiary alicyclic amines) is 1. The molecule has 0 radical (unpaired) electrons. The monoisotopic (exact) mass is 459 g/mol. The van der Waals surface area contributed by atoms with Crippen LogP contribution in [0.3, 0.4) is 0 Å². The highest BCUT2D eigenvalue weighted by molar-refractivity contribution is 6.35. The van der Waals surface area contributed by atoms with Crippen molar-refractivity contribution in [1.29, 1.82) is 0 Å². The number of nitrogens with zero attached hydrogens (tertiary/aromatic N) is 2. The number of halogens is 2. The lowest BCUT2D eigenvalue weighted by Crippen LogP contribution is -2.43. The largest absolute Gasteiger partial charge is 0.327 e. The number of carbonyl (C=O) groups excluding carboxylic acids is 3. The summed E-state index contributed by atoms with van der Waals surface area (Å²) in [5.41, 5.74) is 2.97. The van der Waals surface area contributed by atoms with Crippen molar-refractivity contribution in [2.45, 2.75) is 38.6 Å². The van der Waals surface area contributed by atoms with E-state index in [4.69, 9.17) is 23.2 Å². The minimum absolute atomic E-state index is 0.0129. The molecule has 1 atom stereocenters. The third-order valence-electron chi connectivity index (χ3n) is 5.77. The van der Waals surface area contributed by atoms with Crippen LogP contribution in [0.1, 0.15) is 42.1 Å². The van der Waals surface area contributed by atoms with Gasteiger partial charge in [0, 0.05) is 47.0 Å². The van der Waals surface area contributed by atoms with Gasteiger partial charge in [0.2, 0.25) is 11.8 Å². The van der Waals surface area contributed by atoms with Crippen LogP contribution >= 0.6 is 23.2 Å². The maximum atomic E-state index is 13.0. The number of carbonyl (C=O) groups is 3. The summed E-state index contributed by atoms with van der Waals surface area (Å²) in [7, 11) is 0. The van der Waals surface area contributed by atoms with Crippen LogP contribution in [0, 0.1) is 0 Å². The van der Waals surface area contributed by atoms with E-state index in [1.54, 1.807) is 41.0 Å². The molecule has 2 aliphatic heterocycles. The van der Waals surface area contributed by atoms with Crippen molar-refractivity contribution in [3.05, 3.63) is 57.6 Å². The van der Waals surface area contributed by atoms with E-state index in [1.165, 1.54) is 0 Å². The lowest BCUT2D eigenvalue weighted by molar-refractivity contribution is -0.119. The predicted octanol–water partition coefficient (Wildman–Crippen LogP) is 4.54. The Labute approximate surface area is 191 Å².